The second kappa shape index (κ2) is 15.0. The molecule has 4 aliphatic rings. The molecule has 19 heteroatoms. The number of aromatic nitrogens is 1. The normalized spacial score (nSPS) is 29.3. The third-order valence-electron chi connectivity index (χ3n) is 11.2. The highest BCUT2D eigenvalue weighted by Crippen LogP contribution is 2.50. The Morgan fingerprint density at radius 1 is 1.09 bits per heavy atom. The number of carbonyl (C=O) groups is 4. The lowest BCUT2D eigenvalue weighted by Gasteiger charge is -2.32. The fourth-order valence-electron chi connectivity index (χ4n) is 7.75. The molecule has 0 spiro atoms. The number of methoxy groups -OCH3 is 2. The number of hydrogen-bond acceptors (Lipinski definition) is 10. The number of nitrogens with one attached hydrogen (secondary N) is 3. The molecule has 7 atom stereocenters. The van der Waals surface area contributed by atoms with Crippen LogP contribution in [-0.2, 0) is 24.4 Å². The fourth-order valence-corrected chi connectivity index (χ4v) is 9.26. The molecule has 1 aromatic heterocycles. The maximum atomic E-state index is 15.0. The maximum absolute atomic E-state index is 15.0. The van der Waals surface area contributed by atoms with Crippen molar-refractivity contribution >= 4 is 44.6 Å². The number of halogens is 3. The molecule has 300 valence electrons. The summed E-state index contributed by atoms with van der Waals surface area (Å²) in [5.41, 5.74) is -1.85. The number of fused-ring (bicyclic) bond motifs is 3. The molecule has 3 heterocycles. The predicted molar refractivity (Wildman–Crippen MR) is 190 cm³/mol. The molecular weight excluding hydrogens is 751 g/mol. The van der Waals surface area contributed by atoms with Crippen molar-refractivity contribution in [3.8, 4) is 17.4 Å². The van der Waals surface area contributed by atoms with Crippen molar-refractivity contribution < 1.29 is 60.1 Å². The molecule has 3 fully saturated rings. The lowest BCUT2D eigenvalue weighted by Crippen LogP contribution is -2.59. The summed E-state index contributed by atoms with van der Waals surface area (Å²) >= 11 is 0. The van der Waals surface area contributed by atoms with Gasteiger partial charge in [-0.25, -0.2) is 31.4 Å². The van der Waals surface area contributed by atoms with Crippen LogP contribution in [0.15, 0.2) is 30.5 Å². The van der Waals surface area contributed by atoms with Crippen LogP contribution in [-0.4, -0.2) is 103 Å². The number of rotatable bonds is 9. The number of sulfonamides is 1. The van der Waals surface area contributed by atoms with Gasteiger partial charge in [0.05, 0.1) is 32.3 Å². The maximum Gasteiger partial charge on any atom is 0.405 e. The van der Waals surface area contributed by atoms with Gasteiger partial charge in [0.25, 0.3) is 12.3 Å². The average molecular weight is 796 g/mol. The molecule has 6 rings (SSSR count). The highest BCUT2D eigenvalue weighted by Gasteiger charge is 2.66. The highest BCUT2D eigenvalue weighted by molar-refractivity contribution is 7.91. The quantitative estimate of drug-likeness (QED) is 0.271. The van der Waals surface area contributed by atoms with E-state index in [4.69, 9.17) is 14.2 Å². The van der Waals surface area contributed by atoms with E-state index in [1.54, 1.807) is 19.1 Å². The Kier molecular flexibility index (Phi) is 10.9. The van der Waals surface area contributed by atoms with Crippen molar-refractivity contribution in [1.29, 1.82) is 0 Å². The van der Waals surface area contributed by atoms with E-state index < -0.39 is 86.4 Å². The standard InChI is InChI=1S/C36H44F3N5O10S/c1-18-7-5-6-8-20-15-36(20,33(47)43-55(50,51)35(9-10-35)32(38)39)42-29(45)25-12-21(17-44(25)31(46)28(19(2)11-18)41-34(48)49)54-30-23-13-24(37)26(52-3)14-22(23)27(53-4)16-40-30/h6,8,13-14,16,18-21,25,28,32,41H,5,7,9-12,15,17H2,1-4H3,(H,42,45)(H,43,47)(H,48,49)/t18-,19+,20+,21+,25-,28-,36+/m0/s1. The van der Waals surface area contributed by atoms with Gasteiger partial charge in [0, 0.05) is 17.7 Å². The number of nitrogens with zero attached hydrogens (tertiary/aromatic N) is 2. The number of alkyl halides is 2. The summed E-state index contributed by atoms with van der Waals surface area (Å²) in [7, 11) is -2.15. The Bertz CT molecular complexity index is 2010. The molecule has 2 aromatic rings. The zero-order chi connectivity index (χ0) is 40.0. The van der Waals surface area contributed by atoms with Crippen molar-refractivity contribution in [2.75, 3.05) is 20.8 Å². The van der Waals surface area contributed by atoms with Crippen molar-refractivity contribution in [3.63, 3.8) is 0 Å². The van der Waals surface area contributed by atoms with Crippen LogP contribution < -0.4 is 29.6 Å². The Balaban J connectivity index is 1.36. The molecule has 0 radical (unpaired) electrons. The van der Waals surface area contributed by atoms with Crippen LogP contribution in [0.4, 0.5) is 18.0 Å². The Morgan fingerprint density at radius 3 is 2.44 bits per heavy atom. The summed E-state index contributed by atoms with van der Waals surface area (Å²) < 4.78 is 84.9. The average Bonchev–Trinajstić information content (AvgIpc) is 4.03. The van der Waals surface area contributed by atoms with Crippen molar-refractivity contribution in [2.45, 2.75) is 93.7 Å². The first kappa shape index (κ1) is 39.9. The second-order valence-corrected chi connectivity index (χ2v) is 17.0. The largest absolute Gasteiger partial charge is 0.494 e. The fraction of sp³-hybridized carbons (Fsp3) is 0.583. The van der Waals surface area contributed by atoms with Crippen molar-refractivity contribution in [1.82, 2.24) is 25.2 Å². The molecule has 1 aromatic carbocycles. The monoisotopic (exact) mass is 795 g/mol. The first-order valence-electron chi connectivity index (χ1n) is 18.0. The van der Waals surface area contributed by atoms with Crippen molar-refractivity contribution in [3.05, 3.63) is 36.3 Å². The summed E-state index contributed by atoms with van der Waals surface area (Å²) in [6, 6.07) is -0.140. The number of ether oxygens (including phenoxy) is 3. The topological polar surface area (TPSA) is 203 Å². The molecule has 0 unspecified atom stereocenters. The molecule has 15 nitrogen and oxygen atoms in total. The summed E-state index contributed by atoms with van der Waals surface area (Å²) in [5.74, 6) is -4.62. The van der Waals surface area contributed by atoms with Gasteiger partial charge in [-0.15, -0.1) is 0 Å². The molecule has 4 N–H and O–H groups in total. The SMILES string of the molecule is COc1cc2c(OC)cnc(O[C@@H]3C[C@H]4C(=O)N[C@]5(C(=O)NS(=O)(=O)C6(C(F)F)CC6)C[C@H]5C=CCC[C@H](C)C[C@@H](C)[C@H](NC(=O)O)C(=O)N4C3)c2cc1F. The summed E-state index contributed by atoms with van der Waals surface area (Å²) in [6.07, 6.45) is -0.231. The lowest BCUT2D eigenvalue weighted by atomic mass is 9.88. The van der Waals surface area contributed by atoms with Crippen LogP contribution in [0.1, 0.15) is 58.8 Å². The third kappa shape index (κ3) is 7.58. The first-order valence-corrected chi connectivity index (χ1v) is 19.5. The summed E-state index contributed by atoms with van der Waals surface area (Å²) in [5, 5.41) is 15.3. The van der Waals surface area contributed by atoms with E-state index in [0.717, 1.165) is 11.0 Å². The minimum absolute atomic E-state index is 0.0100. The van der Waals surface area contributed by atoms with Crippen LogP contribution >= 0.6 is 0 Å². The Hall–Kier alpha value is -4.81. The minimum Gasteiger partial charge on any atom is -0.494 e. The Labute approximate surface area is 315 Å². The van der Waals surface area contributed by atoms with E-state index in [1.807, 2.05) is 11.6 Å². The first-order chi connectivity index (χ1) is 26.0. The van der Waals surface area contributed by atoms with Gasteiger partial charge in [0.1, 0.15) is 29.5 Å². The van der Waals surface area contributed by atoms with Crippen LogP contribution in [0.3, 0.4) is 0 Å². The highest BCUT2D eigenvalue weighted by atomic mass is 32.2. The van der Waals surface area contributed by atoms with Gasteiger partial charge < -0.3 is 34.9 Å². The number of amides is 4. The number of allylic oxidation sites excluding steroid dienone is 1. The van der Waals surface area contributed by atoms with Gasteiger partial charge in [-0.1, -0.05) is 26.0 Å². The predicted octanol–water partition coefficient (Wildman–Crippen LogP) is 3.51. The van der Waals surface area contributed by atoms with E-state index in [-0.39, 0.29) is 60.9 Å². The van der Waals surface area contributed by atoms with E-state index in [1.165, 1.54) is 26.5 Å². The van der Waals surface area contributed by atoms with Crippen molar-refractivity contribution in [2.24, 2.45) is 17.8 Å². The molecule has 2 aliphatic carbocycles. The van der Waals surface area contributed by atoms with E-state index in [0.29, 0.717) is 24.6 Å². The van der Waals surface area contributed by atoms with Gasteiger partial charge in [-0.05, 0) is 62.5 Å². The second-order valence-electron chi connectivity index (χ2n) is 15.0. The van der Waals surface area contributed by atoms with E-state index in [9.17, 15) is 45.9 Å². The van der Waals surface area contributed by atoms with Crippen LogP contribution in [0.25, 0.3) is 10.8 Å². The zero-order valence-corrected chi connectivity index (χ0v) is 31.5. The molecule has 1 saturated heterocycles. The number of hydrogen-bond donors (Lipinski definition) is 4. The van der Waals surface area contributed by atoms with Crippen LogP contribution in [0.2, 0.25) is 0 Å². The lowest BCUT2D eigenvalue weighted by molar-refractivity contribution is -0.142. The summed E-state index contributed by atoms with van der Waals surface area (Å²) in [6.45, 7) is 3.40. The molecule has 2 saturated carbocycles. The smallest absolute Gasteiger partial charge is 0.405 e. The number of carboxylic acid groups (broad SMARTS) is 1. The number of pyridine rings is 1. The molecule has 55 heavy (non-hydrogen) atoms. The van der Waals surface area contributed by atoms with Crippen LogP contribution in [0, 0.1) is 23.6 Å². The number of benzene rings is 1. The van der Waals surface area contributed by atoms with E-state index in [2.05, 4.69) is 15.6 Å². The van der Waals surface area contributed by atoms with Gasteiger partial charge in [-0.2, -0.15) is 0 Å². The molecule has 0 bridgehead atoms. The third-order valence-corrected chi connectivity index (χ3v) is 13.3. The van der Waals surface area contributed by atoms with Gasteiger partial charge in [0.15, 0.2) is 16.3 Å². The zero-order valence-electron chi connectivity index (χ0n) is 30.6. The molecule has 2 aliphatic heterocycles. The number of carbonyl (C=O) groups excluding carboxylic acids is 3. The van der Waals surface area contributed by atoms with Gasteiger partial charge in [-0.3, -0.25) is 19.1 Å². The minimum atomic E-state index is -4.85. The van der Waals surface area contributed by atoms with Gasteiger partial charge in [0.2, 0.25) is 27.7 Å². The van der Waals surface area contributed by atoms with Gasteiger partial charge >= 0.3 is 6.09 Å². The molecule has 4 amide bonds. The molecular formula is C36H44F3N5O10S. The van der Waals surface area contributed by atoms with E-state index >= 15 is 0 Å². The summed E-state index contributed by atoms with van der Waals surface area (Å²) in [4.78, 5) is 59.9. The van der Waals surface area contributed by atoms with Crippen LogP contribution in [0.5, 0.6) is 17.4 Å². The Morgan fingerprint density at radius 2 is 1.80 bits per heavy atom.